The number of halogens is 3. The van der Waals surface area contributed by atoms with Crippen LogP contribution >= 0.6 is 0 Å². The van der Waals surface area contributed by atoms with Gasteiger partial charge < -0.3 is 18.8 Å². The first kappa shape index (κ1) is 18.3. The van der Waals surface area contributed by atoms with Gasteiger partial charge in [-0.2, -0.15) is 13.2 Å². The Morgan fingerprint density at radius 3 is 2.81 bits per heavy atom. The molecule has 1 atom stereocenters. The first-order chi connectivity index (χ1) is 12.4. The van der Waals surface area contributed by atoms with Crippen LogP contribution in [0.4, 0.5) is 13.2 Å². The van der Waals surface area contributed by atoms with E-state index < -0.39 is 11.7 Å². The number of amides is 1. The SMILES string of the molecule is COc1ccc(C(=O)N2CCOC(Cc3cccc(C(F)(F)F)c3)C2)o1. The first-order valence-electron chi connectivity index (χ1n) is 8.07. The normalized spacial score (nSPS) is 18.0. The molecule has 0 aliphatic carbocycles. The highest BCUT2D eigenvalue weighted by molar-refractivity contribution is 5.91. The molecular weight excluding hydrogens is 351 g/mol. The summed E-state index contributed by atoms with van der Waals surface area (Å²) in [5.41, 5.74) is -0.180. The van der Waals surface area contributed by atoms with Gasteiger partial charge in [-0.1, -0.05) is 18.2 Å². The second-order valence-corrected chi connectivity index (χ2v) is 5.97. The van der Waals surface area contributed by atoms with Crippen molar-refractivity contribution in [3.05, 3.63) is 53.3 Å². The van der Waals surface area contributed by atoms with Gasteiger partial charge in [0.05, 0.1) is 25.4 Å². The number of alkyl halides is 3. The van der Waals surface area contributed by atoms with Crippen molar-refractivity contribution in [1.29, 1.82) is 0 Å². The van der Waals surface area contributed by atoms with Crippen molar-refractivity contribution in [3.8, 4) is 5.95 Å². The molecule has 3 rings (SSSR count). The Morgan fingerprint density at radius 2 is 2.12 bits per heavy atom. The molecule has 0 radical (unpaired) electrons. The molecule has 8 heteroatoms. The molecule has 2 heterocycles. The number of methoxy groups -OCH3 is 1. The summed E-state index contributed by atoms with van der Waals surface area (Å²) >= 11 is 0. The van der Waals surface area contributed by atoms with Gasteiger partial charge in [0.1, 0.15) is 0 Å². The lowest BCUT2D eigenvalue weighted by Crippen LogP contribution is -2.46. The van der Waals surface area contributed by atoms with Gasteiger partial charge in [0.2, 0.25) is 0 Å². The van der Waals surface area contributed by atoms with Crippen LogP contribution in [0.3, 0.4) is 0 Å². The van der Waals surface area contributed by atoms with Crippen LogP contribution in [0.2, 0.25) is 0 Å². The summed E-state index contributed by atoms with van der Waals surface area (Å²) < 4.78 is 54.3. The fraction of sp³-hybridized carbons (Fsp3) is 0.389. The molecule has 0 saturated carbocycles. The lowest BCUT2D eigenvalue weighted by molar-refractivity contribution is -0.137. The Bertz CT molecular complexity index is 772. The van der Waals surface area contributed by atoms with E-state index in [1.165, 1.54) is 19.2 Å². The summed E-state index contributed by atoms with van der Waals surface area (Å²) in [4.78, 5) is 14.1. The third-order valence-electron chi connectivity index (χ3n) is 4.14. The summed E-state index contributed by atoms with van der Waals surface area (Å²) in [6, 6.07) is 8.22. The third-order valence-corrected chi connectivity index (χ3v) is 4.14. The van der Waals surface area contributed by atoms with E-state index in [1.54, 1.807) is 17.0 Å². The number of rotatable bonds is 4. The van der Waals surface area contributed by atoms with Gasteiger partial charge in [0.15, 0.2) is 5.76 Å². The van der Waals surface area contributed by atoms with Crippen molar-refractivity contribution < 1.29 is 31.9 Å². The highest BCUT2D eigenvalue weighted by atomic mass is 19.4. The van der Waals surface area contributed by atoms with E-state index in [9.17, 15) is 18.0 Å². The van der Waals surface area contributed by atoms with Crippen LogP contribution in [0.25, 0.3) is 0 Å². The fourth-order valence-corrected chi connectivity index (χ4v) is 2.87. The van der Waals surface area contributed by atoms with Gasteiger partial charge in [0.25, 0.3) is 11.9 Å². The minimum absolute atomic E-state index is 0.154. The molecule has 1 aliphatic rings. The number of carbonyl (C=O) groups excluding carboxylic acids is 1. The molecule has 0 N–H and O–H groups in total. The van der Waals surface area contributed by atoms with E-state index in [0.29, 0.717) is 18.7 Å². The molecular formula is C18H18F3NO4. The maximum Gasteiger partial charge on any atom is 0.416 e. The number of hydrogen-bond acceptors (Lipinski definition) is 4. The zero-order chi connectivity index (χ0) is 18.7. The predicted octanol–water partition coefficient (Wildman–Crippen LogP) is 3.39. The Morgan fingerprint density at radius 1 is 1.31 bits per heavy atom. The van der Waals surface area contributed by atoms with Crippen LogP contribution in [0.5, 0.6) is 5.95 Å². The molecule has 1 aliphatic heterocycles. The van der Waals surface area contributed by atoms with Gasteiger partial charge in [0, 0.05) is 25.6 Å². The van der Waals surface area contributed by atoms with Crippen LogP contribution < -0.4 is 4.74 Å². The molecule has 1 aromatic carbocycles. The second kappa shape index (κ2) is 7.41. The van der Waals surface area contributed by atoms with Gasteiger partial charge in [-0.25, -0.2) is 0 Å². The van der Waals surface area contributed by atoms with Crippen molar-refractivity contribution in [2.45, 2.75) is 18.7 Å². The molecule has 1 amide bonds. The van der Waals surface area contributed by atoms with Crippen molar-refractivity contribution in [3.63, 3.8) is 0 Å². The molecule has 1 unspecified atom stereocenters. The van der Waals surface area contributed by atoms with Gasteiger partial charge >= 0.3 is 6.18 Å². The number of hydrogen-bond donors (Lipinski definition) is 0. The number of benzene rings is 1. The number of nitrogens with zero attached hydrogens (tertiary/aromatic N) is 1. The zero-order valence-electron chi connectivity index (χ0n) is 14.1. The Balaban J connectivity index is 1.66. The molecule has 2 aromatic rings. The molecule has 0 bridgehead atoms. The van der Waals surface area contributed by atoms with Crippen molar-refractivity contribution in [2.24, 2.45) is 0 Å². The van der Waals surface area contributed by atoms with Crippen LogP contribution in [0, 0.1) is 0 Å². The topological polar surface area (TPSA) is 51.9 Å². The molecule has 1 saturated heterocycles. The van der Waals surface area contributed by atoms with E-state index >= 15 is 0 Å². The minimum Gasteiger partial charge on any atom is -0.468 e. The summed E-state index contributed by atoms with van der Waals surface area (Å²) in [6.07, 6.45) is -4.48. The molecule has 1 fully saturated rings. The number of carbonyl (C=O) groups is 1. The van der Waals surface area contributed by atoms with Crippen LogP contribution in [-0.4, -0.2) is 43.7 Å². The maximum atomic E-state index is 12.8. The monoisotopic (exact) mass is 369 g/mol. The molecule has 0 spiro atoms. The summed E-state index contributed by atoms with van der Waals surface area (Å²) in [5.74, 6) is 0.0920. The van der Waals surface area contributed by atoms with Gasteiger partial charge in [-0.15, -0.1) is 0 Å². The van der Waals surface area contributed by atoms with Gasteiger partial charge in [-0.3, -0.25) is 4.79 Å². The van der Waals surface area contributed by atoms with E-state index in [0.717, 1.165) is 12.1 Å². The summed E-state index contributed by atoms with van der Waals surface area (Å²) in [5, 5.41) is 0. The highest BCUT2D eigenvalue weighted by Crippen LogP contribution is 2.30. The lowest BCUT2D eigenvalue weighted by atomic mass is 10.0. The van der Waals surface area contributed by atoms with Crippen LogP contribution in [0.15, 0.2) is 40.8 Å². The van der Waals surface area contributed by atoms with Crippen molar-refractivity contribution >= 4 is 5.91 Å². The molecule has 26 heavy (non-hydrogen) atoms. The average molecular weight is 369 g/mol. The standard InChI is InChI=1S/C18H18F3NO4/c1-24-16-6-5-15(26-16)17(23)22-7-8-25-14(11-22)10-12-3-2-4-13(9-12)18(19,20)21/h2-6,9,14H,7-8,10-11H2,1H3. The zero-order valence-corrected chi connectivity index (χ0v) is 14.1. The van der Waals surface area contributed by atoms with Crippen LogP contribution in [-0.2, 0) is 17.3 Å². The first-order valence-corrected chi connectivity index (χ1v) is 8.07. The Labute approximate surface area is 148 Å². The minimum atomic E-state index is -4.39. The average Bonchev–Trinajstić information content (AvgIpc) is 3.10. The fourth-order valence-electron chi connectivity index (χ4n) is 2.87. The van der Waals surface area contributed by atoms with Crippen molar-refractivity contribution in [1.82, 2.24) is 4.90 Å². The van der Waals surface area contributed by atoms with Gasteiger partial charge in [-0.05, 0) is 17.7 Å². The summed E-state index contributed by atoms with van der Waals surface area (Å²) in [6.45, 7) is 0.978. The quantitative estimate of drug-likeness (QED) is 0.829. The lowest BCUT2D eigenvalue weighted by Gasteiger charge is -2.32. The number of ether oxygens (including phenoxy) is 2. The maximum absolute atomic E-state index is 12.8. The second-order valence-electron chi connectivity index (χ2n) is 5.97. The largest absolute Gasteiger partial charge is 0.468 e. The van der Waals surface area contributed by atoms with Crippen molar-refractivity contribution in [2.75, 3.05) is 26.8 Å². The Kier molecular flexibility index (Phi) is 5.22. The van der Waals surface area contributed by atoms with E-state index in [-0.39, 0.29) is 36.7 Å². The highest BCUT2D eigenvalue weighted by Gasteiger charge is 2.31. The molecule has 1 aromatic heterocycles. The number of morpholine rings is 1. The smallest absolute Gasteiger partial charge is 0.416 e. The van der Waals surface area contributed by atoms with E-state index in [1.807, 2.05) is 0 Å². The number of furan rings is 1. The Hall–Kier alpha value is -2.48. The van der Waals surface area contributed by atoms with Crippen LogP contribution in [0.1, 0.15) is 21.7 Å². The molecule has 5 nitrogen and oxygen atoms in total. The summed E-state index contributed by atoms with van der Waals surface area (Å²) in [7, 11) is 1.44. The predicted molar refractivity (Wildman–Crippen MR) is 86.1 cm³/mol. The van der Waals surface area contributed by atoms with E-state index in [2.05, 4.69) is 0 Å². The molecule has 140 valence electrons. The third kappa shape index (κ3) is 4.19. The van der Waals surface area contributed by atoms with E-state index in [4.69, 9.17) is 13.9 Å².